The summed E-state index contributed by atoms with van der Waals surface area (Å²) in [5.41, 5.74) is 1.51. The summed E-state index contributed by atoms with van der Waals surface area (Å²) in [5, 5.41) is 10.3. The van der Waals surface area contributed by atoms with E-state index in [0.29, 0.717) is 17.9 Å². The molecule has 0 bridgehead atoms. The summed E-state index contributed by atoms with van der Waals surface area (Å²) < 4.78 is 32.7. The third-order valence-electron chi connectivity index (χ3n) is 3.56. The van der Waals surface area contributed by atoms with Gasteiger partial charge in [-0.05, 0) is 17.7 Å². The van der Waals surface area contributed by atoms with E-state index in [4.69, 9.17) is 4.74 Å². The molecule has 0 spiro atoms. The number of hydrogen-bond donors (Lipinski definition) is 1. The largest absolute Gasteiger partial charge is 0.493 e. The minimum absolute atomic E-state index is 0.101. The number of benzene rings is 2. The molecule has 104 valence electrons. The maximum Gasteiger partial charge on any atom is 0.129 e. The second-order valence-electron chi connectivity index (χ2n) is 4.85. The summed E-state index contributed by atoms with van der Waals surface area (Å²) in [4.78, 5) is 0. The van der Waals surface area contributed by atoms with Crippen LogP contribution in [-0.4, -0.2) is 11.7 Å². The van der Waals surface area contributed by atoms with E-state index in [1.807, 2.05) is 12.1 Å². The maximum atomic E-state index is 13.6. The molecule has 0 saturated heterocycles. The van der Waals surface area contributed by atoms with E-state index in [-0.39, 0.29) is 12.0 Å². The van der Waals surface area contributed by atoms with Crippen LogP contribution in [0.25, 0.3) is 0 Å². The first kappa shape index (κ1) is 13.1. The summed E-state index contributed by atoms with van der Waals surface area (Å²) in [6.45, 7) is 0.577. The number of fused-ring (bicyclic) bond motifs is 1. The van der Waals surface area contributed by atoms with Crippen LogP contribution in [-0.2, 0) is 12.8 Å². The summed E-state index contributed by atoms with van der Waals surface area (Å²) in [7, 11) is 0. The van der Waals surface area contributed by atoms with Crippen LogP contribution in [0.15, 0.2) is 36.4 Å². The van der Waals surface area contributed by atoms with E-state index < -0.39 is 17.7 Å². The molecule has 1 heterocycles. The quantitative estimate of drug-likeness (QED) is 0.933. The molecule has 1 aliphatic heterocycles. The van der Waals surface area contributed by atoms with E-state index >= 15 is 0 Å². The number of para-hydroxylation sites is 1. The molecule has 3 rings (SSSR count). The van der Waals surface area contributed by atoms with Crippen LogP contribution in [0.3, 0.4) is 0 Å². The average Bonchev–Trinajstić information content (AvgIpc) is 2.91. The molecular formula is C16H14F2O2. The van der Waals surface area contributed by atoms with Gasteiger partial charge in [-0.25, -0.2) is 8.78 Å². The Morgan fingerprint density at radius 3 is 2.55 bits per heavy atom. The van der Waals surface area contributed by atoms with Crippen LogP contribution in [0.4, 0.5) is 8.78 Å². The van der Waals surface area contributed by atoms with Gasteiger partial charge in [0.15, 0.2) is 0 Å². The fourth-order valence-corrected chi connectivity index (χ4v) is 2.53. The zero-order chi connectivity index (χ0) is 14.1. The molecule has 2 aromatic rings. The summed E-state index contributed by atoms with van der Waals surface area (Å²) >= 11 is 0. The van der Waals surface area contributed by atoms with Crippen LogP contribution < -0.4 is 4.74 Å². The topological polar surface area (TPSA) is 29.5 Å². The fraction of sp³-hybridized carbons (Fsp3) is 0.250. The van der Waals surface area contributed by atoms with Gasteiger partial charge in [0.1, 0.15) is 17.4 Å². The summed E-state index contributed by atoms with van der Waals surface area (Å²) in [6.07, 6.45) is -0.308. The Labute approximate surface area is 115 Å². The van der Waals surface area contributed by atoms with Gasteiger partial charge in [-0.1, -0.05) is 24.3 Å². The summed E-state index contributed by atoms with van der Waals surface area (Å²) in [5.74, 6) is -0.633. The lowest BCUT2D eigenvalue weighted by Gasteiger charge is -2.15. The molecule has 1 aliphatic rings. The van der Waals surface area contributed by atoms with Gasteiger partial charge in [0.2, 0.25) is 0 Å². The van der Waals surface area contributed by atoms with Gasteiger partial charge in [-0.3, -0.25) is 0 Å². The van der Waals surface area contributed by atoms with Crippen LogP contribution in [0.1, 0.15) is 22.8 Å². The molecule has 1 unspecified atom stereocenters. The molecule has 0 radical (unpaired) electrons. The van der Waals surface area contributed by atoms with Crippen LogP contribution in [0.2, 0.25) is 0 Å². The molecule has 0 fully saturated rings. The Balaban J connectivity index is 1.91. The predicted molar refractivity (Wildman–Crippen MR) is 70.7 cm³/mol. The highest BCUT2D eigenvalue weighted by Gasteiger charge is 2.22. The molecule has 1 N–H and O–H groups in total. The van der Waals surface area contributed by atoms with E-state index in [1.54, 1.807) is 6.07 Å². The van der Waals surface area contributed by atoms with Crippen LogP contribution in [0, 0.1) is 11.6 Å². The highest BCUT2D eigenvalue weighted by Crippen LogP contribution is 2.35. The SMILES string of the molecule is OC(Cc1c(F)cccc1F)c1cccc2c1OCC2. The van der Waals surface area contributed by atoms with E-state index in [2.05, 4.69) is 0 Å². The van der Waals surface area contributed by atoms with E-state index in [1.165, 1.54) is 18.2 Å². The highest BCUT2D eigenvalue weighted by atomic mass is 19.1. The second-order valence-corrected chi connectivity index (χ2v) is 4.85. The van der Waals surface area contributed by atoms with Crippen molar-refractivity contribution in [2.75, 3.05) is 6.61 Å². The highest BCUT2D eigenvalue weighted by molar-refractivity contribution is 5.45. The zero-order valence-corrected chi connectivity index (χ0v) is 10.8. The van der Waals surface area contributed by atoms with Gasteiger partial charge in [0.05, 0.1) is 12.7 Å². The van der Waals surface area contributed by atoms with Gasteiger partial charge in [0, 0.05) is 24.0 Å². The molecule has 0 saturated carbocycles. The Bertz CT molecular complexity index is 620. The van der Waals surface area contributed by atoms with Crippen molar-refractivity contribution in [2.45, 2.75) is 18.9 Å². The minimum Gasteiger partial charge on any atom is -0.493 e. The van der Waals surface area contributed by atoms with Crippen molar-refractivity contribution in [3.63, 3.8) is 0 Å². The van der Waals surface area contributed by atoms with Crippen molar-refractivity contribution in [2.24, 2.45) is 0 Å². The van der Waals surface area contributed by atoms with Gasteiger partial charge >= 0.3 is 0 Å². The fourth-order valence-electron chi connectivity index (χ4n) is 2.53. The molecule has 4 heteroatoms. The first-order chi connectivity index (χ1) is 9.66. The monoisotopic (exact) mass is 276 g/mol. The Hall–Kier alpha value is -1.94. The molecule has 1 atom stereocenters. The minimum atomic E-state index is -0.991. The lowest BCUT2D eigenvalue weighted by Crippen LogP contribution is -2.07. The molecule has 2 aromatic carbocycles. The van der Waals surface area contributed by atoms with Crippen LogP contribution in [0.5, 0.6) is 5.75 Å². The van der Waals surface area contributed by atoms with E-state index in [9.17, 15) is 13.9 Å². The second kappa shape index (κ2) is 5.21. The Morgan fingerprint density at radius 2 is 1.80 bits per heavy atom. The van der Waals surface area contributed by atoms with Crippen molar-refractivity contribution in [3.8, 4) is 5.75 Å². The van der Waals surface area contributed by atoms with Gasteiger partial charge in [-0.2, -0.15) is 0 Å². The van der Waals surface area contributed by atoms with E-state index in [0.717, 1.165) is 12.0 Å². The lowest BCUT2D eigenvalue weighted by atomic mass is 9.98. The van der Waals surface area contributed by atoms with Crippen molar-refractivity contribution in [3.05, 3.63) is 64.7 Å². The third-order valence-corrected chi connectivity index (χ3v) is 3.56. The standard InChI is InChI=1S/C16H14F2O2/c17-13-5-2-6-14(18)12(13)9-15(19)11-4-1-3-10-7-8-20-16(10)11/h1-6,15,19H,7-9H2. The van der Waals surface area contributed by atoms with Crippen molar-refractivity contribution >= 4 is 0 Å². The molecule has 2 nitrogen and oxygen atoms in total. The number of hydrogen-bond acceptors (Lipinski definition) is 2. The third kappa shape index (κ3) is 2.27. The van der Waals surface area contributed by atoms with Gasteiger partial charge < -0.3 is 9.84 Å². The first-order valence-corrected chi connectivity index (χ1v) is 6.52. The smallest absolute Gasteiger partial charge is 0.129 e. The molecule has 20 heavy (non-hydrogen) atoms. The van der Waals surface area contributed by atoms with Crippen molar-refractivity contribution in [1.82, 2.24) is 0 Å². The average molecular weight is 276 g/mol. The number of aliphatic hydroxyl groups is 1. The molecule has 0 amide bonds. The Morgan fingerprint density at radius 1 is 1.10 bits per heavy atom. The lowest BCUT2D eigenvalue weighted by molar-refractivity contribution is 0.171. The molecule has 0 aromatic heterocycles. The maximum absolute atomic E-state index is 13.6. The predicted octanol–water partition coefficient (Wildman–Crippen LogP) is 3.18. The van der Waals surface area contributed by atoms with Crippen molar-refractivity contribution < 1.29 is 18.6 Å². The number of rotatable bonds is 3. The molecular weight excluding hydrogens is 262 g/mol. The van der Waals surface area contributed by atoms with Crippen LogP contribution >= 0.6 is 0 Å². The van der Waals surface area contributed by atoms with Crippen molar-refractivity contribution in [1.29, 1.82) is 0 Å². The summed E-state index contributed by atoms with van der Waals surface area (Å²) in [6, 6.07) is 9.18. The number of ether oxygens (including phenoxy) is 1. The molecule has 0 aliphatic carbocycles. The number of halogens is 2. The van der Waals surface area contributed by atoms with Gasteiger partial charge in [-0.15, -0.1) is 0 Å². The Kier molecular flexibility index (Phi) is 3.40. The number of aliphatic hydroxyl groups excluding tert-OH is 1. The first-order valence-electron chi connectivity index (χ1n) is 6.52. The zero-order valence-electron chi connectivity index (χ0n) is 10.8. The normalized spacial score (nSPS) is 14.8. The van der Waals surface area contributed by atoms with Gasteiger partial charge in [0.25, 0.3) is 0 Å².